The maximum atomic E-state index is 8.70. The largest absolute Gasteiger partial charge is 0.392 e. The minimum absolute atomic E-state index is 0.111. The topological polar surface area (TPSA) is 20.2 Å². The lowest BCUT2D eigenvalue weighted by Crippen LogP contribution is -1.86. The Balaban J connectivity index is 2.20. The van der Waals surface area contributed by atoms with Gasteiger partial charge in [0.1, 0.15) is 0 Å². The molecule has 1 N–H and O–H groups in total. The zero-order valence-electron chi connectivity index (χ0n) is 11.6. The number of aliphatic hydroxyl groups is 1. The van der Waals surface area contributed by atoms with E-state index in [-0.39, 0.29) is 6.61 Å². The molecule has 0 unspecified atom stereocenters. The van der Waals surface area contributed by atoms with Crippen LogP contribution in [0.3, 0.4) is 0 Å². The highest BCUT2D eigenvalue weighted by Crippen LogP contribution is 2.11. The van der Waals surface area contributed by atoms with Crippen LogP contribution in [0, 0.1) is 0 Å². The molecule has 0 bridgehead atoms. The number of rotatable bonds is 9. The molecule has 0 radical (unpaired) electrons. The second kappa shape index (κ2) is 9.90. The van der Waals surface area contributed by atoms with Crippen molar-refractivity contribution in [2.75, 3.05) is 6.61 Å². The van der Waals surface area contributed by atoms with Gasteiger partial charge in [-0.2, -0.15) is 0 Å². The zero-order chi connectivity index (χ0) is 13.1. The standard InChI is InChI=1S/C17H26O/c1-2-3-4-5-6-7-9-16-11-13-17(14-12-16)10-8-15-18/h8,10-14,18H,2-7,9,15H2,1H3. The molecule has 0 aliphatic rings. The quantitative estimate of drug-likeness (QED) is 0.632. The van der Waals surface area contributed by atoms with Gasteiger partial charge in [0.2, 0.25) is 0 Å². The minimum atomic E-state index is 0.111. The first-order valence-electron chi connectivity index (χ1n) is 7.23. The molecule has 0 saturated carbocycles. The highest BCUT2D eigenvalue weighted by atomic mass is 16.2. The first kappa shape index (κ1) is 15.0. The molecular formula is C17H26O. The Kier molecular flexibility index (Phi) is 8.24. The van der Waals surface area contributed by atoms with Crippen molar-refractivity contribution >= 4 is 6.08 Å². The van der Waals surface area contributed by atoms with Gasteiger partial charge in [0.25, 0.3) is 0 Å². The van der Waals surface area contributed by atoms with Crippen LogP contribution in [0.5, 0.6) is 0 Å². The van der Waals surface area contributed by atoms with Crippen molar-refractivity contribution in [1.29, 1.82) is 0 Å². The van der Waals surface area contributed by atoms with Crippen molar-refractivity contribution in [2.45, 2.75) is 51.9 Å². The van der Waals surface area contributed by atoms with Crippen LogP contribution in [0.2, 0.25) is 0 Å². The first-order valence-corrected chi connectivity index (χ1v) is 7.23. The van der Waals surface area contributed by atoms with Crippen molar-refractivity contribution in [3.63, 3.8) is 0 Å². The third kappa shape index (κ3) is 6.61. The van der Waals surface area contributed by atoms with Gasteiger partial charge >= 0.3 is 0 Å². The monoisotopic (exact) mass is 246 g/mol. The van der Waals surface area contributed by atoms with E-state index >= 15 is 0 Å². The second-order valence-electron chi connectivity index (χ2n) is 4.84. The van der Waals surface area contributed by atoms with Crippen molar-refractivity contribution in [3.05, 3.63) is 41.5 Å². The van der Waals surface area contributed by atoms with Crippen LogP contribution >= 0.6 is 0 Å². The smallest absolute Gasteiger partial charge is 0.0615 e. The van der Waals surface area contributed by atoms with E-state index in [1.807, 2.05) is 6.08 Å². The number of hydrogen-bond acceptors (Lipinski definition) is 1. The Morgan fingerprint density at radius 2 is 1.61 bits per heavy atom. The molecule has 0 heterocycles. The molecule has 0 amide bonds. The first-order chi connectivity index (χ1) is 8.86. The second-order valence-corrected chi connectivity index (χ2v) is 4.84. The Hall–Kier alpha value is -1.08. The molecular weight excluding hydrogens is 220 g/mol. The van der Waals surface area contributed by atoms with Gasteiger partial charge in [-0.15, -0.1) is 0 Å². The van der Waals surface area contributed by atoms with E-state index in [0.717, 1.165) is 5.56 Å². The van der Waals surface area contributed by atoms with Gasteiger partial charge in [-0.1, -0.05) is 75.4 Å². The van der Waals surface area contributed by atoms with E-state index < -0.39 is 0 Å². The maximum Gasteiger partial charge on any atom is 0.0615 e. The summed E-state index contributed by atoms with van der Waals surface area (Å²) >= 11 is 0. The van der Waals surface area contributed by atoms with Crippen molar-refractivity contribution < 1.29 is 5.11 Å². The number of hydrogen-bond donors (Lipinski definition) is 1. The number of aliphatic hydroxyl groups excluding tert-OH is 1. The fourth-order valence-electron chi connectivity index (χ4n) is 2.09. The molecule has 0 saturated heterocycles. The molecule has 0 aliphatic heterocycles. The minimum Gasteiger partial charge on any atom is -0.392 e. The zero-order valence-corrected chi connectivity index (χ0v) is 11.6. The highest BCUT2D eigenvalue weighted by molar-refractivity contribution is 5.49. The van der Waals surface area contributed by atoms with Crippen molar-refractivity contribution in [1.82, 2.24) is 0 Å². The fourth-order valence-corrected chi connectivity index (χ4v) is 2.09. The lowest BCUT2D eigenvalue weighted by atomic mass is 10.0. The van der Waals surface area contributed by atoms with E-state index in [1.54, 1.807) is 6.08 Å². The number of unbranched alkanes of at least 4 members (excludes halogenated alkanes) is 5. The summed E-state index contributed by atoms with van der Waals surface area (Å²) in [7, 11) is 0. The molecule has 0 spiro atoms. The molecule has 0 atom stereocenters. The average molecular weight is 246 g/mol. The molecule has 1 nitrogen and oxygen atoms in total. The summed E-state index contributed by atoms with van der Waals surface area (Å²) < 4.78 is 0. The van der Waals surface area contributed by atoms with Gasteiger partial charge in [0.15, 0.2) is 0 Å². The molecule has 18 heavy (non-hydrogen) atoms. The van der Waals surface area contributed by atoms with Crippen molar-refractivity contribution in [3.8, 4) is 0 Å². The van der Waals surface area contributed by atoms with Crippen LogP contribution in [-0.4, -0.2) is 11.7 Å². The Morgan fingerprint density at radius 1 is 0.944 bits per heavy atom. The summed E-state index contributed by atoms with van der Waals surface area (Å²) in [6, 6.07) is 8.64. The molecule has 0 aromatic heterocycles. The van der Waals surface area contributed by atoms with Crippen LogP contribution in [-0.2, 0) is 6.42 Å². The van der Waals surface area contributed by atoms with Crippen LogP contribution in [0.4, 0.5) is 0 Å². The van der Waals surface area contributed by atoms with Gasteiger partial charge in [-0.3, -0.25) is 0 Å². The molecule has 100 valence electrons. The average Bonchev–Trinajstić information content (AvgIpc) is 2.42. The maximum absolute atomic E-state index is 8.70. The van der Waals surface area contributed by atoms with Gasteiger partial charge in [0, 0.05) is 0 Å². The van der Waals surface area contributed by atoms with E-state index in [1.165, 1.54) is 50.5 Å². The summed E-state index contributed by atoms with van der Waals surface area (Å²) in [5.41, 5.74) is 2.59. The van der Waals surface area contributed by atoms with Crippen LogP contribution in [0.15, 0.2) is 30.3 Å². The van der Waals surface area contributed by atoms with Crippen molar-refractivity contribution in [2.24, 2.45) is 0 Å². The third-order valence-corrected chi connectivity index (χ3v) is 3.21. The normalized spacial score (nSPS) is 11.2. The summed E-state index contributed by atoms with van der Waals surface area (Å²) in [6.45, 7) is 2.37. The summed E-state index contributed by atoms with van der Waals surface area (Å²) in [6.07, 6.45) is 13.0. The van der Waals surface area contributed by atoms with E-state index in [4.69, 9.17) is 5.11 Å². The predicted octanol–water partition coefficient (Wildman–Crippen LogP) is 4.60. The van der Waals surface area contributed by atoms with Crippen LogP contribution in [0.25, 0.3) is 6.08 Å². The molecule has 0 aliphatic carbocycles. The molecule has 1 rings (SSSR count). The summed E-state index contributed by atoms with van der Waals surface area (Å²) in [5, 5.41) is 8.70. The van der Waals surface area contributed by atoms with Gasteiger partial charge in [-0.05, 0) is 24.0 Å². The third-order valence-electron chi connectivity index (χ3n) is 3.21. The van der Waals surface area contributed by atoms with E-state index in [2.05, 4.69) is 31.2 Å². The van der Waals surface area contributed by atoms with E-state index in [0.29, 0.717) is 0 Å². The van der Waals surface area contributed by atoms with Crippen LogP contribution < -0.4 is 0 Å². The SMILES string of the molecule is CCCCCCCCc1ccc(C=CCO)cc1. The summed E-state index contributed by atoms with van der Waals surface area (Å²) in [4.78, 5) is 0. The highest BCUT2D eigenvalue weighted by Gasteiger charge is 1.94. The Morgan fingerprint density at radius 3 is 2.28 bits per heavy atom. The van der Waals surface area contributed by atoms with Crippen LogP contribution in [0.1, 0.15) is 56.6 Å². The fraction of sp³-hybridized carbons (Fsp3) is 0.529. The van der Waals surface area contributed by atoms with Gasteiger partial charge < -0.3 is 5.11 Å². The lowest BCUT2D eigenvalue weighted by Gasteiger charge is -2.02. The Labute approximate surface area is 112 Å². The molecule has 0 fully saturated rings. The molecule has 1 heteroatoms. The number of aryl methyl sites for hydroxylation is 1. The Bertz CT molecular complexity index is 324. The summed E-state index contributed by atoms with van der Waals surface area (Å²) in [5.74, 6) is 0. The lowest BCUT2D eigenvalue weighted by molar-refractivity contribution is 0.343. The molecule has 1 aromatic carbocycles. The van der Waals surface area contributed by atoms with E-state index in [9.17, 15) is 0 Å². The molecule has 1 aromatic rings. The van der Waals surface area contributed by atoms with Gasteiger partial charge in [-0.25, -0.2) is 0 Å². The predicted molar refractivity (Wildman–Crippen MR) is 79.6 cm³/mol. The number of benzene rings is 1. The van der Waals surface area contributed by atoms with Gasteiger partial charge in [0.05, 0.1) is 6.61 Å².